The maximum Gasteiger partial charge on any atom is 0.178 e. The van der Waals surface area contributed by atoms with Gasteiger partial charge in [0.1, 0.15) is 0 Å². The first-order chi connectivity index (χ1) is 7.34. The number of fused-ring (bicyclic) bond motifs is 1. The molecule has 3 rings (SSSR count). The van der Waals surface area contributed by atoms with Gasteiger partial charge in [0, 0.05) is 6.20 Å². The Labute approximate surface area is 91.0 Å². The van der Waals surface area contributed by atoms with E-state index in [0.29, 0.717) is 0 Å². The first kappa shape index (κ1) is 8.61. The molecule has 3 aromatic rings. The number of nitrogens with zero attached hydrogens (tertiary/aromatic N) is 3. The van der Waals surface area contributed by atoms with Crippen molar-refractivity contribution < 1.29 is 0 Å². The molecule has 0 unspecified atom stereocenters. The minimum absolute atomic E-state index is 0.901. The smallest absolute Gasteiger partial charge is 0.178 e. The molecule has 74 valence electrons. The lowest BCUT2D eigenvalue weighted by molar-refractivity contribution is 1.12. The van der Waals surface area contributed by atoms with Gasteiger partial charge in [-0.3, -0.25) is 4.40 Å². The van der Waals surface area contributed by atoms with E-state index in [1.54, 1.807) is 11.3 Å². The highest BCUT2D eigenvalue weighted by atomic mass is 32.1. The van der Waals surface area contributed by atoms with Crippen LogP contribution in [0.2, 0.25) is 0 Å². The third-order valence-corrected chi connectivity index (χ3v) is 3.17. The monoisotopic (exact) mass is 215 g/mol. The average Bonchev–Trinajstić information content (AvgIpc) is 2.82. The summed E-state index contributed by atoms with van der Waals surface area (Å²) >= 11 is 1.68. The van der Waals surface area contributed by atoms with Gasteiger partial charge in [0.05, 0.1) is 4.88 Å². The summed E-state index contributed by atoms with van der Waals surface area (Å²) in [7, 11) is 0. The maximum atomic E-state index is 4.20. The third kappa shape index (κ3) is 1.34. The van der Waals surface area contributed by atoms with Crippen molar-refractivity contribution in [1.29, 1.82) is 0 Å². The Hall–Kier alpha value is -1.68. The van der Waals surface area contributed by atoms with E-state index in [2.05, 4.69) is 29.3 Å². The molecular formula is C11H9N3S. The van der Waals surface area contributed by atoms with Crippen molar-refractivity contribution in [2.75, 3.05) is 0 Å². The lowest BCUT2D eigenvalue weighted by Gasteiger charge is -1.97. The van der Waals surface area contributed by atoms with E-state index in [1.165, 1.54) is 5.56 Å². The molecule has 0 atom stereocenters. The first-order valence-electron chi connectivity index (χ1n) is 4.70. The molecule has 0 aliphatic rings. The van der Waals surface area contributed by atoms with E-state index in [4.69, 9.17) is 0 Å². The second kappa shape index (κ2) is 3.17. The van der Waals surface area contributed by atoms with Gasteiger partial charge in [-0.25, -0.2) is 0 Å². The van der Waals surface area contributed by atoms with Gasteiger partial charge in [0.2, 0.25) is 0 Å². The van der Waals surface area contributed by atoms with E-state index >= 15 is 0 Å². The molecule has 15 heavy (non-hydrogen) atoms. The van der Waals surface area contributed by atoms with E-state index in [-0.39, 0.29) is 0 Å². The Morgan fingerprint density at radius 1 is 1.27 bits per heavy atom. The zero-order valence-electron chi connectivity index (χ0n) is 8.21. The van der Waals surface area contributed by atoms with Crippen LogP contribution in [0.15, 0.2) is 35.8 Å². The van der Waals surface area contributed by atoms with Crippen LogP contribution in [0.1, 0.15) is 5.56 Å². The molecule has 0 aliphatic heterocycles. The average molecular weight is 215 g/mol. The van der Waals surface area contributed by atoms with Crippen LogP contribution in [-0.2, 0) is 0 Å². The molecule has 0 aromatic carbocycles. The van der Waals surface area contributed by atoms with Gasteiger partial charge in [0.15, 0.2) is 11.5 Å². The van der Waals surface area contributed by atoms with E-state index < -0.39 is 0 Å². The highest BCUT2D eigenvalue weighted by Crippen LogP contribution is 2.23. The van der Waals surface area contributed by atoms with Crippen molar-refractivity contribution in [3.05, 3.63) is 41.4 Å². The molecule has 0 bridgehead atoms. The van der Waals surface area contributed by atoms with Crippen LogP contribution in [0.25, 0.3) is 16.3 Å². The molecule has 0 saturated carbocycles. The topological polar surface area (TPSA) is 30.2 Å². The van der Waals surface area contributed by atoms with Crippen molar-refractivity contribution in [3.8, 4) is 10.7 Å². The zero-order chi connectivity index (χ0) is 10.3. The van der Waals surface area contributed by atoms with Crippen molar-refractivity contribution in [2.24, 2.45) is 0 Å². The van der Waals surface area contributed by atoms with Gasteiger partial charge < -0.3 is 0 Å². The Kier molecular flexibility index (Phi) is 1.82. The molecule has 0 saturated heterocycles. The van der Waals surface area contributed by atoms with Crippen LogP contribution in [0.4, 0.5) is 0 Å². The Balaban J connectivity index is 2.29. The Bertz CT molecular complexity index is 595. The fourth-order valence-electron chi connectivity index (χ4n) is 1.57. The lowest BCUT2D eigenvalue weighted by Crippen LogP contribution is -1.87. The van der Waals surface area contributed by atoms with Gasteiger partial charge in [-0.15, -0.1) is 21.5 Å². The van der Waals surface area contributed by atoms with Gasteiger partial charge in [0.25, 0.3) is 0 Å². The predicted molar refractivity (Wildman–Crippen MR) is 61.0 cm³/mol. The minimum Gasteiger partial charge on any atom is -0.282 e. The van der Waals surface area contributed by atoms with Crippen LogP contribution in [0.3, 0.4) is 0 Å². The third-order valence-electron chi connectivity index (χ3n) is 2.31. The largest absolute Gasteiger partial charge is 0.282 e. The normalized spacial score (nSPS) is 11.0. The standard InChI is InChI=1S/C11H9N3S/c1-8-4-5-14-10(7-8)12-13-11(14)9-3-2-6-15-9/h2-7H,1H3. The molecule has 0 N–H and O–H groups in total. The number of hydrogen-bond donors (Lipinski definition) is 0. The van der Waals surface area contributed by atoms with E-state index in [9.17, 15) is 0 Å². The summed E-state index contributed by atoms with van der Waals surface area (Å²) in [6, 6.07) is 8.17. The van der Waals surface area contributed by atoms with E-state index in [0.717, 1.165) is 16.3 Å². The molecule has 0 aliphatic carbocycles. The Morgan fingerprint density at radius 3 is 3.00 bits per heavy atom. The van der Waals surface area contributed by atoms with Gasteiger partial charge in [-0.2, -0.15) is 0 Å². The summed E-state index contributed by atoms with van der Waals surface area (Å²) in [4.78, 5) is 1.14. The molecule has 0 radical (unpaired) electrons. The van der Waals surface area contributed by atoms with E-state index in [1.807, 2.05) is 28.1 Å². The van der Waals surface area contributed by atoms with Crippen molar-refractivity contribution in [3.63, 3.8) is 0 Å². The minimum atomic E-state index is 0.901. The van der Waals surface area contributed by atoms with Gasteiger partial charge in [-0.1, -0.05) is 6.07 Å². The molecular weight excluding hydrogens is 206 g/mol. The molecule has 3 nitrogen and oxygen atoms in total. The number of pyridine rings is 1. The van der Waals surface area contributed by atoms with Crippen molar-refractivity contribution in [1.82, 2.24) is 14.6 Å². The van der Waals surface area contributed by atoms with Crippen molar-refractivity contribution >= 4 is 17.0 Å². The summed E-state index contributed by atoms with van der Waals surface area (Å²) in [5.41, 5.74) is 2.10. The van der Waals surface area contributed by atoms with Crippen LogP contribution < -0.4 is 0 Å². The molecule has 4 heteroatoms. The summed E-state index contributed by atoms with van der Waals surface area (Å²) in [5.74, 6) is 0.917. The van der Waals surface area contributed by atoms with Crippen LogP contribution >= 0.6 is 11.3 Å². The second-order valence-corrected chi connectivity index (χ2v) is 4.38. The first-order valence-corrected chi connectivity index (χ1v) is 5.58. The summed E-state index contributed by atoms with van der Waals surface area (Å²) in [5, 5.41) is 10.4. The van der Waals surface area contributed by atoms with Crippen molar-refractivity contribution in [2.45, 2.75) is 6.92 Å². The van der Waals surface area contributed by atoms with Crippen LogP contribution in [0.5, 0.6) is 0 Å². The quantitative estimate of drug-likeness (QED) is 0.624. The van der Waals surface area contributed by atoms with Crippen LogP contribution in [-0.4, -0.2) is 14.6 Å². The molecule has 0 amide bonds. The number of aryl methyl sites for hydroxylation is 1. The second-order valence-electron chi connectivity index (χ2n) is 3.43. The number of aromatic nitrogens is 3. The Morgan fingerprint density at radius 2 is 2.20 bits per heavy atom. The molecule has 3 aromatic heterocycles. The molecule has 0 fully saturated rings. The number of hydrogen-bond acceptors (Lipinski definition) is 3. The highest BCUT2D eigenvalue weighted by molar-refractivity contribution is 7.13. The number of rotatable bonds is 1. The predicted octanol–water partition coefficient (Wildman–Crippen LogP) is 2.77. The highest BCUT2D eigenvalue weighted by Gasteiger charge is 2.07. The summed E-state index contributed by atoms with van der Waals surface area (Å²) < 4.78 is 2.01. The van der Waals surface area contributed by atoms with Gasteiger partial charge in [-0.05, 0) is 36.1 Å². The summed E-state index contributed by atoms with van der Waals surface area (Å²) in [6.45, 7) is 2.06. The SMILES string of the molecule is Cc1ccn2c(-c3cccs3)nnc2c1. The fourth-order valence-corrected chi connectivity index (χ4v) is 2.27. The van der Waals surface area contributed by atoms with Gasteiger partial charge >= 0.3 is 0 Å². The fraction of sp³-hybridized carbons (Fsp3) is 0.0909. The number of thiophene rings is 1. The maximum absolute atomic E-state index is 4.20. The molecule has 0 spiro atoms. The summed E-state index contributed by atoms with van der Waals surface area (Å²) in [6.07, 6.45) is 2.01. The lowest BCUT2D eigenvalue weighted by atomic mass is 10.3. The zero-order valence-corrected chi connectivity index (χ0v) is 9.03. The van der Waals surface area contributed by atoms with Crippen LogP contribution in [0, 0.1) is 6.92 Å². The molecule has 3 heterocycles.